The molecule has 1 saturated carbocycles. The summed E-state index contributed by atoms with van der Waals surface area (Å²) in [5.74, 6) is 1.63. The molecule has 1 spiro atoms. The summed E-state index contributed by atoms with van der Waals surface area (Å²) >= 11 is 0. The molecule has 0 unspecified atom stereocenters. The molecule has 37 heavy (non-hydrogen) atoms. The molecule has 1 aromatic rings. The first-order valence-electron chi connectivity index (χ1n) is 13.6. The van der Waals surface area contributed by atoms with Gasteiger partial charge in [0.1, 0.15) is 0 Å². The highest BCUT2D eigenvalue weighted by Crippen LogP contribution is 2.60. The molecule has 9 heteroatoms. The monoisotopic (exact) mass is 519 g/mol. The second-order valence-electron chi connectivity index (χ2n) is 11.2. The van der Waals surface area contributed by atoms with Crippen LogP contribution in [0, 0.1) is 23.7 Å². The van der Waals surface area contributed by atoms with E-state index in [1.165, 1.54) is 0 Å². The van der Waals surface area contributed by atoms with Gasteiger partial charge in [-0.1, -0.05) is 19.9 Å². The summed E-state index contributed by atoms with van der Waals surface area (Å²) in [6, 6.07) is 5.77. The van der Waals surface area contributed by atoms with Crippen molar-refractivity contribution in [3.05, 3.63) is 23.8 Å². The quantitative estimate of drug-likeness (QED) is 0.490. The molecule has 1 aliphatic carbocycles. The molecule has 1 amide bonds. The minimum Gasteiger partial charge on any atom is -0.493 e. The number of ether oxygens (including phenoxy) is 5. The Balaban J connectivity index is 1.13. The molecule has 1 N–H and O–H groups in total. The van der Waals surface area contributed by atoms with Gasteiger partial charge in [-0.2, -0.15) is 0 Å². The Morgan fingerprint density at radius 3 is 2.68 bits per heavy atom. The van der Waals surface area contributed by atoms with Crippen LogP contribution in [0.15, 0.2) is 18.2 Å². The van der Waals surface area contributed by atoms with E-state index in [2.05, 4.69) is 19.2 Å². The molecule has 6 rings (SSSR count). The van der Waals surface area contributed by atoms with Gasteiger partial charge in [-0.25, -0.2) is 9.78 Å². The van der Waals surface area contributed by atoms with Crippen LogP contribution < -0.4 is 14.8 Å². The van der Waals surface area contributed by atoms with E-state index in [-0.39, 0.29) is 30.8 Å². The second kappa shape index (κ2) is 10.7. The molecule has 8 atom stereocenters. The highest BCUT2D eigenvalue weighted by atomic mass is 17.3. The van der Waals surface area contributed by atoms with E-state index < -0.39 is 24.0 Å². The van der Waals surface area contributed by atoms with Crippen molar-refractivity contribution in [2.24, 2.45) is 23.7 Å². The molecule has 206 valence electrons. The topological polar surface area (TPSA) is 93.7 Å². The molecular formula is C28H41NO8. The SMILES string of the molecule is COc1ccc(CCNC(=O)CCO[C@H]2O[C@@H]3O[C@@]4(C)CC[C@H]5[C@H](C)CC[C@H]([C@H]2C)[C@@]35OO4)cc1OC. The molecule has 0 aromatic heterocycles. The number of hydrogen-bond donors (Lipinski definition) is 1. The lowest BCUT2D eigenvalue weighted by atomic mass is 9.58. The largest absolute Gasteiger partial charge is 0.493 e. The summed E-state index contributed by atoms with van der Waals surface area (Å²) in [5.41, 5.74) is 0.458. The number of benzene rings is 1. The van der Waals surface area contributed by atoms with Gasteiger partial charge in [-0.15, -0.1) is 0 Å². The van der Waals surface area contributed by atoms with E-state index in [0.29, 0.717) is 36.3 Å². The van der Waals surface area contributed by atoms with Crippen LogP contribution in [0.4, 0.5) is 0 Å². The molecule has 9 nitrogen and oxygen atoms in total. The van der Waals surface area contributed by atoms with Crippen molar-refractivity contribution in [2.75, 3.05) is 27.4 Å². The summed E-state index contributed by atoms with van der Waals surface area (Å²) < 4.78 is 29.5. The van der Waals surface area contributed by atoms with Crippen LogP contribution in [0.2, 0.25) is 0 Å². The number of carbonyl (C=O) groups excluding carboxylic acids is 1. The number of amides is 1. The van der Waals surface area contributed by atoms with Crippen LogP contribution in [0.1, 0.15) is 58.4 Å². The van der Waals surface area contributed by atoms with E-state index in [1.807, 2.05) is 25.1 Å². The second-order valence-corrected chi connectivity index (χ2v) is 11.2. The number of methoxy groups -OCH3 is 2. The van der Waals surface area contributed by atoms with E-state index in [1.54, 1.807) is 14.2 Å². The lowest BCUT2D eigenvalue weighted by Crippen LogP contribution is -2.70. The van der Waals surface area contributed by atoms with Gasteiger partial charge in [-0.05, 0) is 62.1 Å². The molecular weight excluding hydrogens is 478 g/mol. The smallest absolute Gasteiger partial charge is 0.222 e. The number of carbonyl (C=O) groups is 1. The third kappa shape index (κ3) is 4.96. The average Bonchev–Trinajstić information content (AvgIpc) is 3.12. The van der Waals surface area contributed by atoms with Crippen molar-refractivity contribution in [3.63, 3.8) is 0 Å². The Morgan fingerprint density at radius 1 is 1.08 bits per heavy atom. The Morgan fingerprint density at radius 2 is 1.89 bits per heavy atom. The maximum Gasteiger partial charge on any atom is 0.222 e. The number of rotatable bonds is 9. The van der Waals surface area contributed by atoms with Gasteiger partial charge in [-0.3, -0.25) is 4.79 Å². The van der Waals surface area contributed by atoms with E-state index in [0.717, 1.165) is 31.2 Å². The summed E-state index contributed by atoms with van der Waals surface area (Å²) in [5, 5.41) is 2.97. The third-order valence-corrected chi connectivity index (χ3v) is 8.89. The molecule has 4 saturated heterocycles. The lowest BCUT2D eigenvalue weighted by Gasteiger charge is -2.60. The molecule has 1 aromatic carbocycles. The average molecular weight is 520 g/mol. The van der Waals surface area contributed by atoms with Crippen LogP contribution in [-0.4, -0.2) is 57.2 Å². The van der Waals surface area contributed by atoms with Gasteiger partial charge in [0.25, 0.3) is 0 Å². The van der Waals surface area contributed by atoms with Crippen LogP contribution >= 0.6 is 0 Å². The van der Waals surface area contributed by atoms with Crippen LogP contribution in [0.3, 0.4) is 0 Å². The summed E-state index contributed by atoms with van der Waals surface area (Å²) in [6.07, 6.45) is 3.89. The lowest BCUT2D eigenvalue weighted by molar-refractivity contribution is -0.577. The fourth-order valence-electron chi connectivity index (χ4n) is 6.80. The summed E-state index contributed by atoms with van der Waals surface area (Å²) in [7, 11) is 3.22. The fraction of sp³-hybridized carbons (Fsp3) is 0.750. The first kappa shape index (κ1) is 26.7. The molecule has 4 heterocycles. The minimum atomic E-state index is -0.809. The Bertz CT molecular complexity index is 974. The van der Waals surface area contributed by atoms with Crippen molar-refractivity contribution in [3.8, 4) is 11.5 Å². The number of fused-ring (bicyclic) bond motifs is 2. The van der Waals surface area contributed by atoms with Crippen molar-refractivity contribution >= 4 is 5.91 Å². The predicted octanol–water partition coefficient (Wildman–Crippen LogP) is 3.98. The van der Waals surface area contributed by atoms with Crippen molar-refractivity contribution in [1.82, 2.24) is 5.32 Å². The Hall–Kier alpha value is -1.91. The predicted molar refractivity (Wildman–Crippen MR) is 134 cm³/mol. The van der Waals surface area contributed by atoms with Crippen molar-refractivity contribution in [2.45, 2.75) is 83.3 Å². The van der Waals surface area contributed by atoms with Crippen LogP contribution in [0.25, 0.3) is 0 Å². The first-order chi connectivity index (χ1) is 17.8. The zero-order chi connectivity index (χ0) is 26.2. The molecule has 5 fully saturated rings. The van der Waals surface area contributed by atoms with Crippen molar-refractivity contribution in [1.29, 1.82) is 0 Å². The van der Waals surface area contributed by atoms with Crippen LogP contribution in [0.5, 0.6) is 11.5 Å². The molecule has 0 radical (unpaired) electrons. The van der Waals surface area contributed by atoms with E-state index >= 15 is 0 Å². The standard InChI is InChI=1S/C28H41NO8/c1-17-6-8-21-18(2)25(34-26-28(21)20(17)10-13-27(3,35-26)36-37-28)33-15-12-24(30)29-14-11-19-7-9-22(31-4)23(16-19)32-5/h7,9,16-18,20-21,25-26H,6,8,10-15H2,1-5H3,(H,29,30)/t17-,18-,20+,21-,25+,26-,27-,28-/m1/s1. The molecule has 4 aliphatic heterocycles. The molecule has 5 aliphatic rings. The maximum atomic E-state index is 12.5. The van der Waals surface area contributed by atoms with Gasteiger partial charge in [0.15, 0.2) is 29.7 Å². The highest BCUT2D eigenvalue weighted by molar-refractivity contribution is 5.75. The van der Waals surface area contributed by atoms with Gasteiger partial charge in [0, 0.05) is 24.8 Å². The zero-order valence-corrected chi connectivity index (χ0v) is 22.6. The van der Waals surface area contributed by atoms with E-state index in [4.69, 9.17) is 33.5 Å². The maximum absolute atomic E-state index is 12.5. The zero-order valence-electron chi connectivity index (χ0n) is 22.6. The van der Waals surface area contributed by atoms with E-state index in [9.17, 15) is 4.79 Å². The van der Waals surface area contributed by atoms with Crippen LogP contribution in [-0.2, 0) is 35.2 Å². The number of nitrogens with one attached hydrogen (secondary N) is 1. The summed E-state index contributed by atoms with van der Waals surface area (Å²) in [4.78, 5) is 24.5. The Labute approximate surface area is 219 Å². The van der Waals surface area contributed by atoms with Gasteiger partial charge in [0.2, 0.25) is 11.7 Å². The molecule has 2 bridgehead atoms. The highest BCUT2D eigenvalue weighted by Gasteiger charge is 2.69. The fourth-order valence-corrected chi connectivity index (χ4v) is 6.80. The van der Waals surface area contributed by atoms with Crippen molar-refractivity contribution < 1.29 is 38.3 Å². The van der Waals surface area contributed by atoms with Gasteiger partial charge in [0.05, 0.1) is 27.2 Å². The first-order valence-corrected chi connectivity index (χ1v) is 13.6. The third-order valence-electron chi connectivity index (χ3n) is 8.89. The minimum absolute atomic E-state index is 0.0546. The van der Waals surface area contributed by atoms with Gasteiger partial charge >= 0.3 is 0 Å². The Kier molecular flexibility index (Phi) is 7.71. The summed E-state index contributed by atoms with van der Waals surface area (Å²) in [6.45, 7) is 7.17. The normalized spacial score (nSPS) is 38.4. The van der Waals surface area contributed by atoms with Gasteiger partial charge < -0.3 is 29.0 Å². The number of hydrogen-bond acceptors (Lipinski definition) is 8.